The van der Waals surface area contributed by atoms with Gasteiger partial charge in [-0.15, -0.1) is 0 Å². The van der Waals surface area contributed by atoms with Crippen LogP contribution >= 0.6 is 0 Å². The van der Waals surface area contributed by atoms with Crippen LogP contribution in [0.5, 0.6) is 0 Å². The molecular formula is C11H24N2. The van der Waals surface area contributed by atoms with Gasteiger partial charge in [0.2, 0.25) is 0 Å². The maximum atomic E-state index is 3.64. The van der Waals surface area contributed by atoms with Crippen LogP contribution in [0.4, 0.5) is 0 Å². The van der Waals surface area contributed by atoms with Crippen molar-refractivity contribution >= 4 is 0 Å². The van der Waals surface area contributed by atoms with Crippen LogP contribution in [0.25, 0.3) is 0 Å². The summed E-state index contributed by atoms with van der Waals surface area (Å²) in [5, 5.41) is 7.26. The number of nitrogens with one attached hydrogen (secondary N) is 2. The Morgan fingerprint density at radius 1 is 1.23 bits per heavy atom. The number of hydrogen-bond donors (Lipinski definition) is 2. The lowest BCUT2D eigenvalue weighted by atomic mass is 9.96. The van der Waals surface area contributed by atoms with Crippen molar-refractivity contribution in [2.75, 3.05) is 13.1 Å². The molecule has 1 saturated heterocycles. The molecule has 78 valence electrons. The average Bonchev–Trinajstić information content (AvgIpc) is 2.18. The van der Waals surface area contributed by atoms with E-state index in [9.17, 15) is 0 Å². The van der Waals surface area contributed by atoms with Gasteiger partial charge in [0.15, 0.2) is 0 Å². The minimum atomic E-state index is 0.693. The summed E-state index contributed by atoms with van der Waals surface area (Å²) in [6, 6.07) is 1.41. The van der Waals surface area contributed by atoms with Crippen molar-refractivity contribution in [3.63, 3.8) is 0 Å². The third kappa shape index (κ3) is 3.28. The van der Waals surface area contributed by atoms with Gasteiger partial charge in [0, 0.05) is 25.2 Å². The number of rotatable bonds is 4. The van der Waals surface area contributed by atoms with Gasteiger partial charge in [-0.3, -0.25) is 0 Å². The fourth-order valence-electron chi connectivity index (χ4n) is 1.97. The summed E-state index contributed by atoms with van der Waals surface area (Å²) in [5.74, 6) is 0.801. The van der Waals surface area contributed by atoms with Crippen LogP contribution in [-0.4, -0.2) is 25.2 Å². The maximum Gasteiger partial charge on any atom is 0.0218 e. The van der Waals surface area contributed by atoms with Crippen molar-refractivity contribution in [1.29, 1.82) is 0 Å². The van der Waals surface area contributed by atoms with Gasteiger partial charge in [0.05, 0.1) is 0 Å². The van der Waals surface area contributed by atoms with Crippen molar-refractivity contribution in [3.8, 4) is 0 Å². The second kappa shape index (κ2) is 5.61. The molecule has 2 nitrogen and oxygen atoms in total. The highest BCUT2D eigenvalue weighted by Crippen LogP contribution is 2.10. The summed E-state index contributed by atoms with van der Waals surface area (Å²) in [6.07, 6.45) is 3.87. The highest BCUT2D eigenvalue weighted by atomic mass is 15.1. The van der Waals surface area contributed by atoms with E-state index in [4.69, 9.17) is 0 Å². The van der Waals surface area contributed by atoms with Gasteiger partial charge in [-0.1, -0.05) is 33.6 Å². The van der Waals surface area contributed by atoms with E-state index in [0.29, 0.717) is 12.1 Å². The molecule has 0 bridgehead atoms. The minimum Gasteiger partial charge on any atom is -0.311 e. The third-order valence-electron chi connectivity index (χ3n) is 3.22. The van der Waals surface area contributed by atoms with Gasteiger partial charge in [0.1, 0.15) is 0 Å². The molecule has 1 heterocycles. The van der Waals surface area contributed by atoms with Gasteiger partial charge in [0.25, 0.3) is 0 Å². The van der Waals surface area contributed by atoms with E-state index in [1.54, 1.807) is 0 Å². The molecule has 1 rings (SSSR count). The summed E-state index contributed by atoms with van der Waals surface area (Å²) in [6.45, 7) is 9.16. The maximum absolute atomic E-state index is 3.64. The minimum absolute atomic E-state index is 0.693. The summed E-state index contributed by atoms with van der Waals surface area (Å²) in [5.41, 5.74) is 0. The summed E-state index contributed by atoms with van der Waals surface area (Å²) >= 11 is 0. The average molecular weight is 184 g/mol. The molecule has 0 saturated carbocycles. The van der Waals surface area contributed by atoms with Crippen LogP contribution in [0, 0.1) is 5.92 Å². The monoisotopic (exact) mass is 184 g/mol. The van der Waals surface area contributed by atoms with Crippen LogP contribution in [-0.2, 0) is 0 Å². The van der Waals surface area contributed by atoms with Gasteiger partial charge in [-0.2, -0.15) is 0 Å². The van der Waals surface area contributed by atoms with E-state index in [1.165, 1.54) is 19.3 Å². The first kappa shape index (κ1) is 11.0. The quantitative estimate of drug-likeness (QED) is 0.696. The number of hydrogen-bond acceptors (Lipinski definition) is 2. The van der Waals surface area contributed by atoms with Crippen LogP contribution in [0.1, 0.15) is 40.0 Å². The van der Waals surface area contributed by atoms with Crippen LogP contribution in [0.3, 0.4) is 0 Å². The normalized spacial score (nSPS) is 31.6. The van der Waals surface area contributed by atoms with E-state index >= 15 is 0 Å². The Morgan fingerprint density at radius 3 is 2.46 bits per heavy atom. The van der Waals surface area contributed by atoms with Gasteiger partial charge in [-0.05, 0) is 12.3 Å². The first-order chi connectivity index (χ1) is 6.27. The van der Waals surface area contributed by atoms with Crippen LogP contribution < -0.4 is 10.6 Å². The van der Waals surface area contributed by atoms with Crippen LogP contribution in [0.15, 0.2) is 0 Å². The zero-order valence-electron chi connectivity index (χ0n) is 9.27. The van der Waals surface area contributed by atoms with Gasteiger partial charge >= 0.3 is 0 Å². The summed E-state index contributed by atoms with van der Waals surface area (Å²) in [7, 11) is 0. The molecule has 0 radical (unpaired) electrons. The highest BCUT2D eigenvalue weighted by Gasteiger charge is 2.22. The van der Waals surface area contributed by atoms with Gasteiger partial charge < -0.3 is 10.6 Å². The van der Waals surface area contributed by atoms with Crippen molar-refractivity contribution in [2.45, 2.75) is 52.1 Å². The second-order valence-electron chi connectivity index (χ2n) is 4.29. The molecule has 1 fully saturated rings. The fraction of sp³-hybridized carbons (Fsp3) is 1.00. The van der Waals surface area contributed by atoms with Crippen molar-refractivity contribution in [3.05, 3.63) is 0 Å². The molecule has 2 N–H and O–H groups in total. The fourth-order valence-corrected chi connectivity index (χ4v) is 1.97. The zero-order valence-corrected chi connectivity index (χ0v) is 9.27. The first-order valence-electron chi connectivity index (χ1n) is 5.74. The lowest BCUT2D eigenvalue weighted by Gasteiger charge is -2.34. The molecule has 0 aromatic rings. The Hall–Kier alpha value is -0.0800. The zero-order chi connectivity index (χ0) is 9.68. The van der Waals surface area contributed by atoms with Crippen molar-refractivity contribution in [1.82, 2.24) is 10.6 Å². The molecule has 13 heavy (non-hydrogen) atoms. The predicted octanol–water partition coefficient (Wildman–Crippen LogP) is 1.76. The Labute approximate surface area is 82.5 Å². The largest absolute Gasteiger partial charge is 0.311 e. The molecule has 0 amide bonds. The van der Waals surface area contributed by atoms with E-state index in [2.05, 4.69) is 31.4 Å². The van der Waals surface area contributed by atoms with E-state index in [0.717, 1.165) is 19.0 Å². The molecule has 0 aliphatic carbocycles. The summed E-state index contributed by atoms with van der Waals surface area (Å²) < 4.78 is 0. The molecule has 1 aliphatic heterocycles. The molecule has 2 heteroatoms. The van der Waals surface area contributed by atoms with E-state index in [1.807, 2.05) is 0 Å². The first-order valence-corrected chi connectivity index (χ1v) is 5.74. The highest BCUT2D eigenvalue weighted by molar-refractivity contribution is 4.85. The molecule has 3 unspecified atom stereocenters. The lowest BCUT2D eigenvalue weighted by molar-refractivity contribution is 0.271. The van der Waals surface area contributed by atoms with E-state index in [-0.39, 0.29) is 0 Å². The smallest absolute Gasteiger partial charge is 0.0218 e. The molecular weight excluding hydrogens is 160 g/mol. The Kier molecular flexibility index (Phi) is 4.74. The van der Waals surface area contributed by atoms with Crippen molar-refractivity contribution in [2.24, 2.45) is 5.92 Å². The number of piperazine rings is 1. The predicted molar refractivity (Wildman–Crippen MR) is 57.9 cm³/mol. The molecule has 0 spiro atoms. The Bertz CT molecular complexity index is 128. The SMILES string of the molecule is CCCC1CNC(C(C)CC)CN1. The Morgan fingerprint density at radius 2 is 2.00 bits per heavy atom. The standard InChI is InChI=1S/C11H24N2/c1-4-6-10-7-13-11(8-12-10)9(3)5-2/h9-13H,4-8H2,1-3H3. The van der Waals surface area contributed by atoms with Crippen molar-refractivity contribution < 1.29 is 0 Å². The molecule has 0 aromatic heterocycles. The topological polar surface area (TPSA) is 24.1 Å². The Balaban J connectivity index is 2.22. The van der Waals surface area contributed by atoms with Crippen LogP contribution in [0.2, 0.25) is 0 Å². The van der Waals surface area contributed by atoms with E-state index < -0.39 is 0 Å². The second-order valence-corrected chi connectivity index (χ2v) is 4.29. The summed E-state index contributed by atoms with van der Waals surface area (Å²) in [4.78, 5) is 0. The third-order valence-corrected chi connectivity index (χ3v) is 3.22. The molecule has 3 atom stereocenters. The molecule has 1 aliphatic rings. The lowest BCUT2D eigenvalue weighted by Crippen LogP contribution is -2.56. The van der Waals surface area contributed by atoms with Gasteiger partial charge in [-0.25, -0.2) is 0 Å². The molecule has 0 aromatic carbocycles.